The molecule has 3 aromatic rings. The van der Waals surface area contributed by atoms with Crippen molar-refractivity contribution in [3.63, 3.8) is 0 Å². The van der Waals surface area contributed by atoms with Gasteiger partial charge in [-0.1, -0.05) is 19.3 Å². The highest BCUT2D eigenvalue weighted by Gasteiger charge is 2.15. The summed E-state index contributed by atoms with van der Waals surface area (Å²) in [5, 5.41) is 8.47. The summed E-state index contributed by atoms with van der Waals surface area (Å²) in [4.78, 5) is 9.11. The topological polar surface area (TPSA) is 60.6 Å². The lowest BCUT2D eigenvalue weighted by Gasteiger charge is -2.22. The van der Waals surface area contributed by atoms with E-state index in [1.54, 1.807) is 10.9 Å². The Morgan fingerprint density at radius 2 is 2.09 bits per heavy atom. The van der Waals surface area contributed by atoms with E-state index in [-0.39, 0.29) is 0 Å². The van der Waals surface area contributed by atoms with Crippen molar-refractivity contribution in [3.05, 3.63) is 30.9 Å². The third kappa shape index (κ3) is 3.06. The molecule has 0 spiro atoms. The van der Waals surface area contributed by atoms with Gasteiger partial charge in [0.25, 0.3) is 0 Å². The third-order valence-electron chi connectivity index (χ3n) is 4.64. The van der Waals surface area contributed by atoms with Gasteiger partial charge in [0, 0.05) is 37.6 Å². The highest BCUT2D eigenvalue weighted by molar-refractivity contribution is 5.76. The highest BCUT2D eigenvalue weighted by Crippen LogP contribution is 2.26. The molecule has 6 nitrogen and oxygen atoms in total. The van der Waals surface area contributed by atoms with Gasteiger partial charge in [0.15, 0.2) is 0 Å². The van der Waals surface area contributed by atoms with E-state index in [0.717, 1.165) is 29.2 Å². The molecule has 1 N–H and O–H groups in total. The number of aromatic nitrogens is 5. The summed E-state index contributed by atoms with van der Waals surface area (Å²) < 4.78 is 4.04. The molecule has 0 aliphatic heterocycles. The first-order valence-electron chi connectivity index (χ1n) is 8.35. The predicted octanol–water partition coefficient (Wildman–Crippen LogP) is 3.49. The van der Waals surface area contributed by atoms with Crippen molar-refractivity contribution in [2.45, 2.75) is 38.6 Å². The zero-order valence-corrected chi connectivity index (χ0v) is 13.4. The van der Waals surface area contributed by atoms with Crippen LogP contribution in [0, 0.1) is 5.92 Å². The minimum Gasteiger partial charge on any atom is -0.332 e. The van der Waals surface area contributed by atoms with Crippen LogP contribution in [0.3, 0.4) is 0 Å². The minimum absolute atomic E-state index is 0.620. The maximum absolute atomic E-state index is 4.71. The number of fused-ring (bicyclic) bond motifs is 1. The number of aryl methyl sites for hydroxylation is 1. The summed E-state index contributed by atoms with van der Waals surface area (Å²) in [7, 11) is 1.89. The molecule has 0 amide bonds. The molecule has 0 atom stereocenters. The normalized spacial score (nSPS) is 16.0. The fraction of sp³-hybridized carbons (Fsp3) is 0.471. The molecule has 23 heavy (non-hydrogen) atoms. The van der Waals surface area contributed by atoms with Crippen LogP contribution in [0.1, 0.15) is 32.1 Å². The van der Waals surface area contributed by atoms with Gasteiger partial charge >= 0.3 is 0 Å². The van der Waals surface area contributed by atoms with Crippen molar-refractivity contribution < 1.29 is 0 Å². The SMILES string of the molecule is Cn1cc(Nc2ncc3ccn(CC4CCCCC4)c3n2)cn1. The van der Waals surface area contributed by atoms with Crippen LogP contribution in [0.4, 0.5) is 11.6 Å². The zero-order chi connectivity index (χ0) is 15.6. The second kappa shape index (κ2) is 6.02. The van der Waals surface area contributed by atoms with E-state index >= 15 is 0 Å². The van der Waals surface area contributed by atoms with Crippen molar-refractivity contribution >= 4 is 22.7 Å². The first kappa shape index (κ1) is 14.2. The van der Waals surface area contributed by atoms with E-state index in [0.29, 0.717) is 5.95 Å². The van der Waals surface area contributed by atoms with Gasteiger partial charge in [0.1, 0.15) is 5.65 Å². The molecule has 1 fully saturated rings. The standard InChI is InChI=1S/C17H22N6/c1-22-12-15(10-19-22)20-17-18-9-14-7-8-23(16(14)21-17)11-13-5-3-2-4-6-13/h7-10,12-13H,2-6,11H2,1H3,(H,18,20,21). The van der Waals surface area contributed by atoms with E-state index in [9.17, 15) is 0 Å². The lowest BCUT2D eigenvalue weighted by Crippen LogP contribution is -2.14. The van der Waals surface area contributed by atoms with E-state index in [1.807, 2.05) is 19.4 Å². The second-order valence-electron chi connectivity index (χ2n) is 6.47. The van der Waals surface area contributed by atoms with Crippen LogP contribution in [0.2, 0.25) is 0 Å². The first-order valence-corrected chi connectivity index (χ1v) is 8.35. The van der Waals surface area contributed by atoms with Gasteiger partial charge < -0.3 is 9.88 Å². The van der Waals surface area contributed by atoms with E-state index in [4.69, 9.17) is 4.98 Å². The fourth-order valence-electron chi connectivity index (χ4n) is 3.44. The molecule has 0 radical (unpaired) electrons. The van der Waals surface area contributed by atoms with E-state index in [1.165, 1.54) is 32.1 Å². The highest BCUT2D eigenvalue weighted by atomic mass is 15.3. The van der Waals surface area contributed by atoms with Crippen molar-refractivity contribution in [3.8, 4) is 0 Å². The maximum Gasteiger partial charge on any atom is 0.229 e. The monoisotopic (exact) mass is 310 g/mol. The maximum atomic E-state index is 4.71. The van der Waals surface area contributed by atoms with Crippen molar-refractivity contribution in [1.29, 1.82) is 0 Å². The van der Waals surface area contributed by atoms with Crippen LogP contribution in [0.25, 0.3) is 11.0 Å². The summed E-state index contributed by atoms with van der Waals surface area (Å²) >= 11 is 0. The minimum atomic E-state index is 0.620. The Labute approximate surface area is 135 Å². The number of rotatable bonds is 4. The molecule has 1 aliphatic rings. The first-order chi connectivity index (χ1) is 11.3. The number of hydrogen-bond donors (Lipinski definition) is 1. The van der Waals surface area contributed by atoms with E-state index < -0.39 is 0 Å². The average molecular weight is 310 g/mol. The molecule has 0 aromatic carbocycles. The molecule has 4 rings (SSSR count). The molecule has 0 saturated heterocycles. The molecule has 1 saturated carbocycles. The average Bonchev–Trinajstić information content (AvgIpc) is 3.15. The van der Waals surface area contributed by atoms with Crippen molar-refractivity contribution in [2.75, 3.05) is 5.32 Å². The lowest BCUT2D eigenvalue weighted by molar-refractivity contribution is 0.322. The lowest BCUT2D eigenvalue weighted by atomic mass is 9.89. The molecule has 3 heterocycles. The largest absolute Gasteiger partial charge is 0.332 e. The van der Waals surface area contributed by atoms with Crippen LogP contribution in [-0.4, -0.2) is 24.3 Å². The van der Waals surface area contributed by atoms with Gasteiger partial charge in [-0.2, -0.15) is 10.1 Å². The Balaban J connectivity index is 1.57. The van der Waals surface area contributed by atoms with Gasteiger partial charge in [0.05, 0.1) is 11.9 Å². The summed E-state index contributed by atoms with van der Waals surface area (Å²) in [6, 6.07) is 2.10. The zero-order valence-electron chi connectivity index (χ0n) is 13.4. The van der Waals surface area contributed by atoms with Crippen molar-refractivity contribution in [1.82, 2.24) is 24.3 Å². The third-order valence-corrected chi connectivity index (χ3v) is 4.64. The Morgan fingerprint density at radius 1 is 1.22 bits per heavy atom. The van der Waals surface area contributed by atoms with Crippen LogP contribution in [0.5, 0.6) is 0 Å². The van der Waals surface area contributed by atoms with E-state index in [2.05, 4.69) is 32.2 Å². The Morgan fingerprint density at radius 3 is 2.87 bits per heavy atom. The Bertz CT molecular complexity index is 796. The Hall–Kier alpha value is -2.37. The van der Waals surface area contributed by atoms with Crippen LogP contribution in [-0.2, 0) is 13.6 Å². The molecule has 120 valence electrons. The number of nitrogens with zero attached hydrogens (tertiary/aromatic N) is 5. The molecular formula is C17H22N6. The fourth-order valence-corrected chi connectivity index (χ4v) is 3.44. The number of anilines is 2. The molecule has 6 heteroatoms. The summed E-state index contributed by atoms with van der Waals surface area (Å²) in [6.07, 6.45) is 14.5. The summed E-state index contributed by atoms with van der Waals surface area (Å²) in [5.74, 6) is 1.40. The van der Waals surface area contributed by atoms with Gasteiger partial charge in [0.2, 0.25) is 5.95 Å². The van der Waals surface area contributed by atoms with Gasteiger partial charge in [-0.05, 0) is 24.8 Å². The number of hydrogen-bond acceptors (Lipinski definition) is 4. The summed E-state index contributed by atoms with van der Waals surface area (Å²) in [5.41, 5.74) is 1.91. The smallest absolute Gasteiger partial charge is 0.229 e. The van der Waals surface area contributed by atoms with Gasteiger partial charge in [-0.15, -0.1) is 0 Å². The van der Waals surface area contributed by atoms with Gasteiger partial charge in [-0.25, -0.2) is 4.98 Å². The molecule has 0 unspecified atom stereocenters. The van der Waals surface area contributed by atoms with Gasteiger partial charge in [-0.3, -0.25) is 4.68 Å². The number of nitrogens with one attached hydrogen (secondary N) is 1. The van der Waals surface area contributed by atoms with Crippen LogP contribution >= 0.6 is 0 Å². The molecule has 3 aromatic heterocycles. The quantitative estimate of drug-likeness (QED) is 0.801. The molecule has 0 bridgehead atoms. The molecular weight excluding hydrogens is 288 g/mol. The van der Waals surface area contributed by atoms with Crippen LogP contribution < -0.4 is 5.32 Å². The molecule has 1 aliphatic carbocycles. The van der Waals surface area contributed by atoms with Crippen LogP contribution in [0.15, 0.2) is 30.9 Å². The summed E-state index contributed by atoms with van der Waals surface area (Å²) in [6.45, 7) is 1.06. The predicted molar refractivity (Wildman–Crippen MR) is 90.6 cm³/mol. The second-order valence-corrected chi connectivity index (χ2v) is 6.47. The Kier molecular flexibility index (Phi) is 3.73. The van der Waals surface area contributed by atoms with Crippen molar-refractivity contribution in [2.24, 2.45) is 13.0 Å².